The monoisotopic (exact) mass is 402 g/mol. The number of carbonyl (C=O) groups excluding carboxylic acids is 1. The van der Waals surface area contributed by atoms with Crippen molar-refractivity contribution in [3.05, 3.63) is 41.7 Å². The van der Waals surface area contributed by atoms with Crippen molar-refractivity contribution in [1.29, 1.82) is 0 Å². The normalized spacial score (nSPS) is 18.5. The fraction of sp³-hybridized carbons (Fsp3) is 0.565. The number of rotatable bonds is 7. The second-order valence-corrected chi connectivity index (χ2v) is 8.28. The highest BCUT2D eigenvalue weighted by molar-refractivity contribution is 5.94. The van der Waals surface area contributed by atoms with Crippen LogP contribution in [0.1, 0.15) is 59.9 Å². The summed E-state index contributed by atoms with van der Waals surface area (Å²) in [6.07, 6.45) is 3.21. The molecule has 6 heteroatoms. The number of alkyl carbamates (subject to hydrolysis) is 1. The average Bonchev–Trinajstić information content (AvgIpc) is 2.61. The molecule has 0 fully saturated rings. The van der Waals surface area contributed by atoms with Crippen LogP contribution >= 0.6 is 0 Å². The van der Waals surface area contributed by atoms with Crippen molar-refractivity contribution in [2.75, 3.05) is 6.61 Å². The fourth-order valence-corrected chi connectivity index (χ4v) is 3.00. The van der Waals surface area contributed by atoms with Crippen molar-refractivity contribution in [2.24, 2.45) is 4.99 Å². The molecule has 0 spiro atoms. The van der Waals surface area contributed by atoms with Gasteiger partial charge in [0.25, 0.3) is 0 Å². The molecule has 0 aliphatic heterocycles. The van der Waals surface area contributed by atoms with Gasteiger partial charge in [-0.1, -0.05) is 12.1 Å². The van der Waals surface area contributed by atoms with Crippen LogP contribution in [0.25, 0.3) is 0 Å². The molecule has 0 saturated carbocycles. The zero-order valence-corrected chi connectivity index (χ0v) is 18.5. The molecule has 6 nitrogen and oxygen atoms in total. The quantitative estimate of drug-likeness (QED) is 0.673. The Morgan fingerprint density at radius 2 is 2.07 bits per heavy atom. The molecule has 1 atom stereocenters. The largest absolute Gasteiger partial charge is 0.492 e. The van der Waals surface area contributed by atoms with E-state index in [1.54, 1.807) is 0 Å². The molecule has 160 valence electrons. The van der Waals surface area contributed by atoms with Crippen LogP contribution in [-0.4, -0.2) is 36.2 Å². The maximum Gasteiger partial charge on any atom is 0.407 e. The number of carbonyl (C=O) groups is 1. The van der Waals surface area contributed by atoms with E-state index in [9.17, 15) is 4.79 Å². The highest BCUT2D eigenvalue weighted by Gasteiger charge is 2.26. The van der Waals surface area contributed by atoms with Gasteiger partial charge in [-0.15, -0.1) is 0 Å². The predicted molar refractivity (Wildman–Crippen MR) is 116 cm³/mol. The number of benzene rings is 1. The number of amides is 1. The van der Waals surface area contributed by atoms with Crippen LogP contribution in [0.15, 0.2) is 41.1 Å². The number of hydrogen-bond acceptors (Lipinski definition) is 5. The Labute approximate surface area is 174 Å². The minimum Gasteiger partial charge on any atom is -0.492 e. The highest BCUT2D eigenvalue weighted by Crippen LogP contribution is 2.25. The van der Waals surface area contributed by atoms with Crippen LogP contribution < -0.4 is 5.32 Å². The number of aliphatic imine (C=N–C) groups is 1. The van der Waals surface area contributed by atoms with Gasteiger partial charge in [-0.05, 0) is 78.2 Å². The first kappa shape index (κ1) is 22.9. The lowest BCUT2D eigenvalue weighted by atomic mass is 10.00. The molecule has 1 aliphatic rings. The molecule has 1 aliphatic carbocycles. The van der Waals surface area contributed by atoms with Crippen molar-refractivity contribution in [3.63, 3.8) is 0 Å². The summed E-state index contributed by atoms with van der Waals surface area (Å²) in [5.41, 5.74) is 2.23. The Morgan fingerprint density at radius 3 is 2.72 bits per heavy atom. The second kappa shape index (κ2) is 10.4. The average molecular weight is 403 g/mol. The van der Waals surface area contributed by atoms with Crippen molar-refractivity contribution in [1.82, 2.24) is 5.32 Å². The fourth-order valence-electron chi connectivity index (χ4n) is 3.00. The molecular weight excluding hydrogens is 368 g/mol. The summed E-state index contributed by atoms with van der Waals surface area (Å²) in [6.45, 7) is 12.5. The van der Waals surface area contributed by atoms with E-state index in [1.165, 1.54) is 0 Å². The van der Waals surface area contributed by atoms with Crippen molar-refractivity contribution < 1.29 is 19.0 Å². The lowest BCUT2D eigenvalue weighted by Gasteiger charge is -2.27. The Balaban J connectivity index is 2.11. The van der Waals surface area contributed by atoms with E-state index in [4.69, 9.17) is 19.2 Å². The van der Waals surface area contributed by atoms with Crippen LogP contribution in [0.4, 0.5) is 10.5 Å². The van der Waals surface area contributed by atoms with Gasteiger partial charge in [0.2, 0.25) is 0 Å². The zero-order valence-electron chi connectivity index (χ0n) is 18.5. The molecule has 2 rings (SSSR count). The Kier molecular flexibility index (Phi) is 8.26. The van der Waals surface area contributed by atoms with Gasteiger partial charge in [0.05, 0.1) is 17.5 Å². The van der Waals surface area contributed by atoms with Crippen LogP contribution in [0.2, 0.25) is 0 Å². The molecule has 1 unspecified atom stereocenters. The summed E-state index contributed by atoms with van der Waals surface area (Å²) in [6, 6.07) is 7.81. The van der Waals surface area contributed by atoms with E-state index in [-0.39, 0.29) is 12.2 Å². The molecule has 29 heavy (non-hydrogen) atoms. The third kappa shape index (κ3) is 7.89. The summed E-state index contributed by atoms with van der Waals surface area (Å²) in [5, 5.41) is 2.78. The summed E-state index contributed by atoms with van der Waals surface area (Å²) in [7, 11) is 0. The third-order valence-corrected chi connectivity index (χ3v) is 4.03. The van der Waals surface area contributed by atoms with E-state index >= 15 is 0 Å². The maximum absolute atomic E-state index is 11.9. The molecule has 0 heterocycles. The SMILES string of the molecule is CCOC1C(OC(C)C)=CCCC1=Nc1cccc(CNC(=O)OC(C)(C)C)c1. The van der Waals surface area contributed by atoms with Crippen LogP contribution in [-0.2, 0) is 20.8 Å². The molecule has 0 bridgehead atoms. The Bertz CT molecular complexity index is 747. The van der Waals surface area contributed by atoms with Gasteiger partial charge in [-0.3, -0.25) is 4.99 Å². The predicted octanol–water partition coefficient (Wildman–Crippen LogP) is 5.29. The van der Waals surface area contributed by atoms with Crippen molar-refractivity contribution in [3.8, 4) is 0 Å². The maximum atomic E-state index is 11.9. The highest BCUT2D eigenvalue weighted by atomic mass is 16.6. The summed E-state index contributed by atoms with van der Waals surface area (Å²) >= 11 is 0. The molecule has 0 aromatic heterocycles. The number of ether oxygens (including phenoxy) is 3. The first-order valence-electron chi connectivity index (χ1n) is 10.3. The minimum atomic E-state index is -0.517. The van der Waals surface area contributed by atoms with Gasteiger partial charge in [0.1, 0.15) is 11.4 Å². The lowest BCUT2D eigenvalue weighted by molar-refractivity contribution is 0.0487. The van der Waals surface area contributed by atoms with Crippen molar-refractivity contribution >= 4 is 17.5 Å². The minimum absolute atomic E-state index is 0.0887. The van der Waals surface area contributed by atoms with E-state index in [0.29, 0.717) is 13.2 Å². The van der Waals surface area contributed by atoms with E-state index in [1.807, 2.05) is 65.8 Å². The van der Waals surface area contributed by atoms with E-state index in [0.717, 1.165) is 35.6 Å². The Hall–Kier alpha value is -2.34. The van der Waals surface area contributed by atoms with Gasteiger partial charge in [0.15, 0.2) is 6.10 Å². The van der Waals surface area contributed by atoms with Crippen LogP contribution in [0.3, 0.4) is 0 Å². The molecular formula is C23H34N2O4. The van der Waals surface area contributed by atoms with Gasteiger partial charge in [0, 0.05) is 13.2 Å². The smallest absolute Gasteiger partial charge is 0.407 e. The Morgan fingerprint density at radius 1 is 1.31 bits per heavy atom. The van der Waals surface area contributed by atoms with Crippen molar-refractivity contribution in [2.45, 2.75) is 78.7 Å². The third-order valence-electron chi connectivity index (χ3n) is 4.03. The first-order valence-corrected chi connectivity index (χ1v) is 10.3. The molecule has 1 aromatic rings. The van der Waals surface area contributed by atoms with Gasteiger partial charge < -0.3 is 19.5 Å². The molecule has 0 saturated heterocycles. The zero-order chi connectivity index (χ0) is 21.4. The van der Waals surface area contributed by atoms with E-state index in [2.05, 4.69) is 11.4 Å². The number of hydrogen-bond donors (Lipinski definition) is 1. The van der Waals surface area contributed by atoms with Crippen LogP contribution in [0.5, 0.6) is 0 Å². The number of allylic oxidation sites excluding steroid dienone is 1. The number of nitrogens with one attached hydrogen (secondary N) is 1. The molecule has 1 aromatic carbocycles. The lowest BCUT2D eigenvalue weighted by Crippen LogP contribution is -2.32. The standard InChI is InChI=1S/C23H34N2O4/c1-7-27-21-19(12-9-13-20(21)28-16(2)3)25-18-11-8-10-17(14-18)15-24-22(26)29-23(4,5)6/h8,10-11,13-14,16,21H,7,9,12,15H2,1-6H3,(H,24,26). The van der Waals surface area contributed by atoms with Gasteiger partial charge in [-0.2, -0.15) is 0 Å². The second-order valence-electron chi connectivity index (χ2n) is 8.28. The first-order chi connectivity index (χ1) is 13.7. The van der Waals surface area contributed by atoms with E-state index < -0.39 is 11.7 Å². The summed E-state index contributed by atoms with van der Waals surface area (Å²) in [4.78, 5) is 16.7. The van der Waals surface area contributed by atoms with Gasteiger partial charge in [-0.25, -0.2) is 4.79 Å². The summed E-state index contributed by atoms with van der Waals surface area (Å²) < 4.78 is 17.2. The van der Waals surface area contributed by atoms with Crippen LogP contribution in [0, 0.1) is 0 Å². The molecule has 1 amide bonds. The molecule has 0 radical (unpaired) electrons. The number of nitrogens with zero attached hydrogens (tertiary/aromatic N) is 1. The van der Waals surface area contributed by atoms with Gasteiger partial charge >= 0.3 is 6.09 Å². The summed E-state index contributed by atoms with van der Waals surface area (Å²) in [5.74, 6) is 0.842. The molecule has 1 N–H and O–H groups in total. The topological polar surface area (TPSA) is 69.2 Å².